The largest absolute Gasteiger partial charge is 0.319 e. The Kier molecular flexibility index (Phi) is 4.35. The summed E-state index contributed by atoms with van der Waals surface area (Å²) in [6.07, 6.45) is 0.650. The van der Waals surface area contributed by atoms with Gasteiger partial charge in [-0.1, -0.05) is 60.7 Å². The minimum Gasteiger partial charge on any atom is -0.319 e. The second-order valence-corrected chi connectivity index (χ2v) is 7.20. The minimum absolute atomic E-state index is 0.650. The molecule has 0 atom stereocenters. The van der Waals surface area contributed by atoms with E-state index in [2.05, 4.69) is 5.32 Å². The van der Waals surface area contributed by atoms with Crippen LogP contribution in [0, 0.1) is 0 Å². The average molecular weight is 259 g/mol. The molecule has 0 spiro atoms. The van der Waals surface area contributed by atoms with Crippen LogP contribution in [0.5, 0.6) is 0 Å². The molecule has 18 heavy (non-hydrogen) atoms. The highest BCUT2D eigenvalue weighted by molar-refractivity contribution is 7.78. The van der Waals surface area contributed by atoms with Gasteiger partial charge < -0.3 is 9.88 Å². The van der Waals surface area contributed by atoms with Gasteiger partial charge in [0.15, 0.2) is 0 Å². The van der Waals surface area contributed by atoms with Gasteiger partial charge in [-0.15, -0.1) is 0 Å². The molecule has 0 fully saturated rings. The average Bonchev–Trinajstić information content (AvgIpc) is 2.46. The molecule has 2 rings (SSSR count). The molecule has 0 unspecified atom stereocenters. The summed E-state index contributed by atoms with van der Waals surface area (Å²) in [4.78, 5) is 0. The summed E-state index contributed by atoms with van der Waals surface area (Å²) in [5.41, 5.74) is 0. The Hall–Kier alpha value is -1.37. The van der Waals surface area contributed by atoms with E-state index in [1.807, 2.05) is 67.7 Å². The van der Waals surface area contributed by atoms with Crippen molar-refractivity contribution in [2.75, 3.05) is 19.8 Å². The second kappa shape index (κ2) is 5.99. The molecule has 2 aromatic rings. The van der Waals surface area contributed by atoms with Gasteiger partial charge in [-0.3, -0.25) is 0 Å². The van der Waals surface area contributed by atoms with Crippen LogP contribution in [0.2, 0.25) is 0 Å². The molecular formula is C15H18NOP. The maximum absolute atomic E-state index is 13.3. The van der Waals surface area contributed by atoms with E-state index in [1.54, 1.807) is 0 Å². The van der Waals surface area contributed by atoms with Crippen LogP contribution in [0.25, 0.3) is 0 Å². The molecule has 0 radical (unpaired) electrons. The van der Waals surface area contributed by atoms with Gasteiger partial charge in [0.25, 0.3) is 0 Å². The van der Waals surface area contributed by atoms with Crippen LogP contribution in [0.4, 0.5) is 0 Å². The monoisotopic (exact) mass is 259 g/mol. The topological polar surface area (TPSA) is 29.1 Å². The molecule has 0 bridgehead atoms. The first-order valence-corrected chi connectivity index (χ1v) is 8.01. The van der Waals surface area contributed by atoms with E-state index in [1.165, 1.54) is 0 Å². The molecule has 0 aliphatic heterocycles. The predicted octanol–water partition coefficient (Wildman–Crippen LogP) is 2.22. The Bertz CT molecular complexity index is 481. The van der Waals surface area contributed by atoms with Crippen molar-refractivity contribution in [3.8, 4) is 0 Å². The molecule has 0 saturated carbocycles. The van der Waals surface area contributed by atoms with Crippen molar-refractivity contribution < 1.29 is 4.57 Å². The molecule has 0 aromatic heterocycles. The van der Waals surface area contributed by atoms with Crippen molar-refractivity contribution in [1.82, 2.24) is 5.32 Å². The normalized spacial score (nSPS) is 11.4. The Morgan fingerprint density at radius 3 is 1.72 bits per heavy atom. The van der Waals surface area contributed by atoms with E-state index in [-0.39, 0.29) is 0 Å². The Morgan fingerprint density at radius 2 is 1.33 bits per heavy atom. The highest BCUT2D eigenvalue weighted by Gasteiger charge is 2.25. The fourth-order valence-corrected chi connectivity index (χ4v) is 4.67. The van der Waals surface area contributed by atoms with Crippen molar-refractivity contribution in [2.24, 2.45) is 0 Å². The number of hydrogen-bond acceptors (Lipinski definition) is 2. The molecule has 0 saturated heterocycles. The third-order valence-corrected chi connectivity index (χ3v) is 6.14. The standard InChI is InChI=1S/C15H18NOP/c1-16-12-13-18(17,14-8-4-2-5-9-14)15-10-6-3-7-11-15/h2-11,16H,12-13H2,1H3. The number of nitrogens with one attached hydrogen (secondary N) is 1. The van der Waals surface area contributed by atoms with Crippen LogP contribution in [0.15, 0.2) is 60.7 Å². The quantitative estimate of drug-likeness (QED) is 0.834. The summed E-state index contributed by atoms with van der Waals surface area (Å²) in [6.45, 7) is 0.751. The van der Waals surface area contributed by atoms with E-state index >= 15 is 0 Å². The summed E-state index contributed by atoms with van der Waals surface area (Å²) >= 11 is 0. The van der Waals surface area contributed by atoms with Crippen LogP contribution >= 0.6 is 7.14 Å². The number of benzene rings is 2. The lowest BCUT2D eigenvalue weighted by atomic mass is 10.4. The lowest BCUT2D eigenvalue weighted by molar-refractivity contribution is 0.585. The molecule has 2 nitrogen and oxygen atoms in total. The van der Waals surface area contributed by atoms with E-state index in [4.69, 9.17) is 0 Å². The maximum atomic E-state index is 13.3. The zero-order valence-electron chi connectivity index (χ0n) is 10.5. The van der Waals surface area contributed by atoms with Gasteiger partial charge in [0, 0.05) is 23.3 Å². The van der Waals surface area contributed by atoms with E-state index in [9.17, 15) is 4.57 Å². The lowest BCUT2D eigenvalue weighted by Crippen LogP contribution is -2.23. The first kappa shape index (κ1) is 13.1. The molecule has 0 amide bonds. The van der Waals surface area contributed by atoms with Crippen molar-refractivity contribution >= 4 is 17.8 Å². The SMILES string of the molecule is CNCCP(=O)(c1ccccc1)c1ccccc1. The number of rotatable bonds is 5. The highest BCUT2D eigenvalue weighted by Crippen LogP contribution is 2.42. The van der Waals surface area contributed by atoms with Crippen molar-refractivity contribution in [1.29, 1.82) is 0 Å². The van der Waals surface area contributed by atoms with Gasteiger partial charge in [0.05, 0.1) is 0 Å². The summed E-state index contributed by atoms with van der Waals surface area (Å²) < 4.78 is 13.3. The first-order chi connectivity index (χ1) is 8.77. The maximum Gasteiger partial charge on any atom is 0.144 e. The van der Waals surface area contributed by atoms with E-state index in [0.29, 0.717) is 6.16 Å². The zero-order valence-corrected chi connectivity index (χ0v) is 11.4. The molecule has 0 aliphatic rings. The van der Waals surface area contributed by atoms with Crippen LogP contribution in [-0.4, -0.2) is 19.8 Å². The van der Waals surface area contributed by atoms with Crippen molar-refractivity contribution in [3.05, 3.63) is 60.7 Å². The van der Waals surface area contributed by atoms with Gasteiger partial charge in [0.2, 0.25) is 0 Å². The third-order valence-electron chi connectivity index (χ3n) is 3.02. The van der Waals surface area contributed by atoms with Gasteiger partial charge in [-0.2, -0.15) is 0 Å². The zero-order chi connectivity index (χ0) is 12.8. The molecule has 0 heterocycles. The van der Waals surface area contributed by atoms with Crippen LogP contribution in [0.1, 0.15) is 0 Å². The van der Waals surface area contributed by atoms with Crippen LogP contribution in [-0.2, 0) is 4.57 Å². The Morgan fingerprint density at radius 1 is 0.889 bits per heavy atom. The molecule has 1 N–H and O–H groups in total. The van der Waals surface area contributed by atoms with Crippen LogP contribution in [0.3, 0.4) is 0 Å². The van der Waals surface area contributed by atoms with Gasteiger partial charge in [-0.25, -0.2) is 0 Å². The fourth-order valence-electron chi connectivity index (χ4n) is 2.01. The summed E-state index contributed by atoms with van der Waals surface area (Å²) in [5, 5.41) is 4.96. The third kappa shape index (κ3) is 2.72. The summed E-state index contributed by atoms with van der Waals surface area (Å²) in [5.74, 6) is 0. The lowest BCUT2D eigenvalue weighted by Gasteiger charge is -2.19. The first-order valence-electron chi connectivity index (χ1n) is 6.12. The predicted molar refractivity (Wildman–Crippen MR) is 78.6 cm³/mol. The number of hydrogen-bond donors (Lipinski definition) is 1. The van der Waals surface area contributed by atoms with E-state index in [0.717, 1.165) is 17.2 Å². The molecule has 94 valence electrons. The summed E-state index contributed by atoms with van der Waals surface area (Å²) in [6, 6.07) is 19.6. The van der Waals surface area contributed by atoms with Gasteiger partial charge in [0.1, 0.15) is 7.14 Å². The molecule has 3 heteroatoms. The molecule has 2 aromatic carbocycles. The molecule has 0 aliphatic carbocycles. The Balaban J connectivity index is 2.45. The van der Waals surface area contributed by atoms with Crippen molar-refractivity contribution in [2.45, 2.75) is 0 Å². The molecular weight excluding hydrogens is 241 g/mol. The smallest absolute Gasteiger partial charge is 0.144 e. The highest BCUT2D eigenvalue weighted by atomic mass is 31.2. The fraction of sp³-hybridized carbons (Fsp3) is 0.200. The van der Waals surface area contributed by atoms with Crippen molar-refractivity contribution in [3.63, 3.8) is 0 Å². The van der Waals surface area contributed by atoms with Gasteiger partial charge >= 0.3 is 0 Å². The Labute approximate surface area is 108 Å². The van der Waals surface area contributed by atoms with Crippen LogP contribution < -0.4 is 15.9 Å². The summed E-state index contributed by atoms with van der Waals surface area (Å²) in [7, 11) is -0.614. The minimum atomic E-state index is -2.50. The second-order valence-electron chi connectivity index (χ2n) is 4.24. The van der Waals surface area contributed by atoms with Gasteiger partial charge in [-0.05, 0) is 7.05 Å². The van der Waals surface area contributed by atoms with E-state index < -0.39 is 7.14 Å².